The number of halogens is 1. The van der Waals surface area contributed by atoms with E-state index in [2.05, 4.69) is 0 Å². The Morgan fingerprint density at radius 1 is 1.00 bits per heavy atom. The maximum Gasteiger partial charge on any atom is 0.128 e. The molecule has 0 unspecified atom stereocenters. The van der Waals surface area contributed by atoms with Crippen molar-refractivity contribution in [2.45, 2.75) is 12.5 Å². The lowest BCUT2D eigenvalue weighted by Crippen LogP contribution is -2.23. The summed E-state index contributed by atoms with van der Waals surface area (Å²) in [6.07, 6.45) is 0. The Hall–Kier alpha value is -2.07. The maximum absolute atomic E-state index is 13.0. The lowest BCUT2D eigenvalue weighted by molar-refractivity contribution is 0.0988. The summed E-state index contributed by atoms with van der Waals surface area (Å²) in [5, 5.41) is 10.8. The zero-order valence-electron chi connectivity index (χ0n) is 11.7. The molecule has 1 N–H and O–H groups in total. The predicted octanol–water partition coefficient (Wildman–Crippen LogP) is 3.10. The van der Waals surface area contributed by atoms with Crippen molar-refractivity contribution >= 4 is 0 Å². The van der Waals surface area contributed by atoms with Crippen LogP contribution in [0, 0.1) is 5.82 Å². The van der Waals surface area contributed by atoms with E-state index < -0.39 is 5.60 Å². The fourth-order valence-electron chi connectivity index (χ4n) is 2.13. The molecule has 2 rings (SSSR count). The third kappa shape index (κ3) is 2.60. The Morgan fingerprint density at radius 3 is 2.20 bits per heavy atom. The van der Waals surface area contributed by atoms with Gasteiger partial charge in [0.05, 0.1) is 14.2 Å². The Morgan fingerprint density at radius 2 is 1.65 bits per heavy atom. The van der Waals surface area contributed by atoms with Crippen LogP contribution >= 0.6 is 0 Å². The van der Waals surface area contributed by atoms with E-state index >= 15 is 0 Å². The van der Waals surface area contributed by atoms with Gasteiger partial charge in [0.25, 0.3) is 0 Å². The number of benzene rings is 2. The van der Waals surface area contributed by atoms with Gasteiger partial charge in [-0.25, -0.2) is 4.39 Å². The molecule has 0 aliphatic heterocycles. The molecule has 2 aromatic rings. The third-order valence-electron chi connectivity index (χ3n) is 3.34. The van der Waals surface area contributed by atoms with Crippen molar-refractivity contribution in [2.75, 3.05) is 14.2 Å². The summed E-state index contributed by atoms with van der Waals surface area (Å²) in [6.45, 7) is 1.64. The molecular weight excluding hydrogens is 259 g/mol. The predicted molar refractivity (Wildman–Crippen MR) is 74.6 cm³/mol. The van der Waals surface area contributed by atoms with Gasteiger partial charge in [0.2, 0.25) is 0 Å². The van der Waals surface area contributed by atoms with E-state index in [0.29, 0.717) is 22.6 Å². The van der Waals surface area contributed by atoms with Gasteiger partial charge in [-0.3, -0.25) is 0 Å². The van der Waals surface area contributed by atoms with E-state index in [1.807, 2.05) is 0 Å². The van der Waals surface area contributed by atoms with E-state index in [9.17, 15) is 9.50 Å². The molecule has 2 aromatic carbocycles. The molecule has 20 heavy (non-hydrogen) atoms. The number of hydrogen-bond donors (Lipinski definition) is 1. The van der Waals surface area contributed by atoms with Crippen molar-refractivity contribution in [1.82, 2.24) is 0 Å². The van der Waals surface area contributed by atoms with Crippen LogP contribution < -0.4 is 9.47 Å². The molecule has 0 bridgehead atoms. The minimum atomic E-state index is -1.29. The van der Waals surface area contributed by atoms with Gasteiger partial charge in [0.15, 0.2) is 0 Å². The molecule has 3 nitrogen and oxygen atoms in total. The Labute approximate surface area is 117 Å². The fourth-order valence-corrected chi connectivity index (χ4v) is 2.13. The highest BCUT2D eigenvalue weighted by molar-refractivity contribution is 5.47. The van der Waals surface area contributed by atoms with Gasteiger partial charge in [-0.05, 0) is 36.8 Å². The summed E-state index contributed by atoms with van der Waals surface area (Å²) >= 11 is 0. The second kappa shape index (κ2) is 5.51. The zero-order chi connectivity index (χ0) is 14.8. The summed E-state index contributed by atoms with van der Waals surface area (Å²) in [4.78, 5) is 0. The summed E-state index contributed by atoms with van der Waals surface area (Å²) in [5.41, 5.74) is -0.111. The van der Waals surface area contributed by atoms with Crippen LogP contribution in [0.2, 0.25) is 0 Å². The smallest absolute Gasteiger partial charge is 0.128 e. The highest BCUT2D eigenvalue weighted by Gasteiger charge is 2.29. The molecule has 0 aliphatic carbocycles. The highest BCUT2D eigenvalue weighted by Crippen LogP contribution is 2.37. The SMILES string of the molecule is COc1ccc([C@](C)(O)c2ccc(F)cc2)c(OC)c1. The molecule has 0 saturated carbocycles. The monoisotopic (exact) mass is 276 g/mol. The van der Waals surface area contributed by atoms with Crippen LogP contribution in [0.1, 0.15) is 18.1 Å². The van der Waals surface area contributed by atoms with Crippen molar-refractivity contribution in [2.24, 2.45) is 0 Å². The van der Waals surface area contributed by atoms with E-state index in [1.54, 1.807) is 44.4 Å². The van der Waals surface area contributed by atoms with Crippen molar-refractivity contribution in [3.05, 3.63) is 59.4 Å². The second-order valence-electron chi connectivity index (χ2n) is 4.65. The summed E-state index contributed by atoms with van der Waals surface area (Å²) in [7, 11) is 3.09. The first-order valence-corrected chi connectivity index (χ1v) is 6.20. The third-order valence-corrected chi connectivity index (χ3v) is 3.34. The van der Waals surface area contributed by atoms with Gasteiger partial charge < -0.3 is 14.6 Å². The van der Waals surface area contributed by atoms with Crippen LogP contribution in [0.5, 0.6) is 11.5 Å². The van der Waals surface area contributed by atoms with Gasteiger partial charge >= 0.3 is 0 Å². The molecule has 1 atom stereocenters. The first-order valence-electron chi connectivity index (χ1n) is 6.20. The summed E-state index contributed by atoms with van der Waals surface area (Å²) < 4.78 is 23.4. The zero-order valence-corrected chi connectivity index (χ0v) is 11.7. The minimum Gasteiger partial charge on any atom is -0.497 e. The molecule has 0 radical (unpaired) electrons. The van der Waals surface area contributed by atoms with Gasteiger partial charge in [-0.2, -0.15) is 0 Å². The normalized spacial score (nSPS) is 13.7. The van der Waals surface area contributed by atoms with E-state index in [0.717, 1.165) is 0 Å². The van der Waals surface area contributed by atoms with Gasteiger partial charge in [0.1, 0.15) is 22.9 Å². The molecule has 0 fully saturated rings. The van der Waals surface area contributed by atoms with Crippen LogP contribution in [0.25, 0.3) is 0 Å². The average molecular weight is 276 g/mol. The lowest BCUT2D eigenvalue weighted by Gasteiger charge is -2.26. The first-order chi connectivity index (χ1) is 9.48. The van der Waals surface area contributed by atoms with Crippen LogP contribution in [0.4, 0.5) is 4.39 Å². The van der Waals surface area contributed by atoms with Gasteiger partial charge in [0, 0.05) is 11.6 Å². The van der Waals surface area contributed by atoms with Crippen molar-refractivity contribution in [3.63, 3.8) is 0 Å². The molecule has 0 saturated heterocycles. The second-order valence-corrected chi connectivity index (χ2v) is 4.65. The van der Waals surface area contributed by atoms with Crippen LogP contribution in [-0.4, -0.2) is 19.3 Å². The number of aliphatic hydroxyl groups is 1. The van der Waals surface area contributed by atoms with Crippen molar-refractivity contribution in [1.29, 1.82) is 0 Å². The summed E-state index contributed by atoms with van der Waals surface area (Å²) in [5.74, 6) is 0.811. The van der Waals surface area contributed by atoms with E-state index in [1.165, 1.54) is 19.2 Å². The Kier molecular flexibility index (Phi) is 3.95. The lowest BCUT2D eigenvalue weighted by atomic mass is 9.87. The molecular formula is C16H17FO3. The molecule has 0 aromatic heterocycles. The molecule has 4 heteroatoms. The average Bonchev–Trinajstić information content (AvgIpc) is 2.46. The number of rotatable bonds is 4. The fraction of sp³-hybridized carbons (Fsp3) is 0.250. The Bertz CT molecular complexity index is 591. The first kappa shape index (κ1) is 14.3. The number of methoxy groups -OCH3 is 2. The molecule has 0 aliphatic rings. The van der Waals surface area contributed by atoms with Crippen LogP contribution in [-0.2, 0) is 5.60 Å². The molecule has 0 spiro atoms. The van der Waals surface area contributed by atoms with Gasteiger partial charge in [-0.1, -0.05) is 12.1 Å². The molecule has 0 heterocycles. The number of hydrogen-bond acceptors (Lipinski definition) is 3. The Balaban J connectivity index is 2.50. The van der Waals surface area contributed by atoms with Crippen LogP contribution in [0.3, 0.4) is 0 Å². The highest BCUT2D eigenvalue weighted by atomic mass is 19.1. The van der Waals surface area contributed by atoms with E-state index in [4.69, 9.17) is 9.47 Å². The number of ether oxygens (including phenoxy) is 2. The largest absolute Gasteiger partial charge is 0.497 e. The molecule has 0 amide bonds. The van der Waals surface area contributed by atoms with Crippen LogP contribution in [0.15, 0.2) is 42.5 Å². The minimum absolute atomic E-state index is 0.341. The quantitative estimate of drug-likeness (QED) is 0.932. The standard InChI is InChI=1S/C16H17FO3/c1-16(18,11-4-6-12(17)7-5-11)14-9-8-13(19-2)10-15(14)20-3/h4-10,18H,1-3H3/t16-/m1/s1. The topological polar surface area (TPSA) is 38.7 Å². The van der Waals surface area contributed by atoms with Crippen molar-refractivity contribution < 1.29 is 19.0 Å². The summed E-state index contributed by atoms with van der Waals surface area (Å²) in [6, 6.07) is 10.9. The van der Waals surface area contributed by atoms with Gasteiger partial charge in [-0.15, -0.1) is 0 Å². The molecule has 106 valence electrons. The van der Waals surface area contributed by atoms with E-state index in [-0.39, 0.29) is 5.82 Å². The maximum atomic E-state index is 13.0. The van der Waals surface area contributed by atoms with Crippen molar-refractivity contribution in [3.8, 4) is 11.5 Å².